The number of alkyl halides is 5. The van der Waals surface area contributed by atoms with E-state index in [-0.39, 0.29) is 18.5 Å². The minimum Gasteiger partial charge on any atom is -0.482 e. The van der Waals surface area contributed by atoms with Crippen molar-refractivity contribution >= 4 is 11.6 Å². The number of halogens is 5. The van der Waals surface area contributed by atoms with Crippen LogP contribution in [0.15, 0.2) is 24.3 Å². The summed E-state index contributed by atoms with van der Waals surface area (Å²) in [7, 11) is 0. The van der Waals surface area contributed by atoms with E-state index in [2.05, 4.69) is 4.74 Å². The molecule has 128 valence electrons. The molecule has 0 bridgehead atoms. The fourth-order valence-corrected chi connectivity index (χ4v) is 2.09. The maximum atomic E-state index is 14.0. The number of benzene rings is 1. The van der Waals surface area contributed by atoms with Gasteiger partial charge in [-0.2, -0.15) is 22.0 Å². The SMILES string of the molecule is O=C(Nc1ccccc1OCC(F)(F)F)C(F)(F)C1(O)CCC1. The van der Waals surface area contributed by atoms with Crippen molar-refractivity contribution in [3.05, 3.63) is 24.3 Å². The van der Waals surface area contributed by atoms with Crippen LogP contribution in [0.1, 0.15) is 19.3 Å². The molecule has 0 heterocycles. The molecule has 0 aliphatic heterocycles. The third-order valence-electron chi connectivity index (χ3n) is 3.58. The van der Waals surface area contributed by atoms with Crippen LogP contribution < -0.4 is 10.1 Å². The van der Waals surface area contributed by atoms with E-state index in [0.717, 1.165) is 12.1 Å². The Morgan fingerprint density at radius 1 is 1.22 bits per heavy atom. The highest BCUT2D eigenvalue weighted by Crippen LogP contribution is 2.45. The molecule has 1 aromatic carbocycles. The monoisotopic (exact) mass is 339 g/mol. The average Bonchev–Trinajstić information content (AvgIpc) is 2.42. The first-order chi connectivity index (χ1) is 10.6. The van der Waals surface area contributed by atoms with Gasteiger partial charge in [0.15, 0.2) is 6.61 Å². The molecule has 1 aromatic rings. The Kier molecular flexibility index (Phi) is 4.52. The summed E-state index contributed by atoms with van der Waals surface area (Å²) < 4.78 is 68.9. The van der Waals surface area contributed by atoms with Gasteiger partial charge in [-0.25, -0.2) is 0 Å². The number of rotatable bonds is 5. The summed E-state index contributed by atoms with van der Waals surface area (Å²) in [6.07, 6.45) is -4.69. The van der Waals surface area contributed by atoms with Gasteiger partial charge in [-0.1, -0.05) is 12.1 Å². The predicted molar refractivity (Wildman–Crippen MR) is 70.4 cm³/mol. The Balaban J connectivity index is 2.12. The normalized spacial score (nSPS) is 17.3. The van der Waals surface area contributed by atoms with Crippen LogP contribution in [0.25, 0.3) is 0 Å². The summed E-state index contributed by atoms with van der Waals surface area (Å²) in [5.41, 5.74) is -2.75. The van der Waals surface area contributed by atoms with E-state index in [1.54, 1.807) is 0 Å². The van der Waals surface area contributed by atoms with Gasteiger partial charge in [-0.15, -0.1) is 0 Å². The molecule has 9 heteroatoms. The highest BCUT2D eigenvalue weighted by Gasteiger charge is 2.61. The van der Waals surface area contributed by atoms with Crippen molar-refractivity contribution in [1.82, 2.24) is 0 Å². The van der Waals surface area contributed by atoms with Crippen LogP contribution in [0.4, 0.5) is 27.6 Å². The number of anilines is 1. The lowest BCUT2D eigenvalue weighted by Gasteiger charge is -2.41. The maximum Gasteiger partial charge on any atom is 0.422 e. The molecule has 2 N–H and O–H groups in total. The van der Waals surface area contributed by atoms with Crippen molar-refractivity contribution in [2.24, 2.45) is 0 Å². The van der Waals surface area contributed by atoms with E-state index in [4.69, 9.17) is 0 Å². The Morgan fingerprint density at radius 2 is 1.83 bits per heavy atom. The van der Waals surface area contributed by atoms with Gasteiger partial charge in [0.1, 0.15) is 11.4 Å². The highest BCUT2D eigenvalue weighted by molar-refractivity contribution is 5.98. The van der Waals surface area contributed by atoms with E-state index < -0.39 is 36.0 Å². The summed E-state index contributed by atoms with van der Waals surface area (Å²) in [4.78, 5) is 11.7. The molecule has 1 aliphatic rings. The number of carbonyl (C=O) groups excluding carboxylic acids is 1. The standard InChI is InChI=1S/C14H14F5NO3/c15-13(16,17)8-23-10-5-2-1-4-9(10)20-11(21)14(18,19)12(22)6-3-7-12/h1-2,4-5,22H,3,6-8H2,(H,20,21). The van der Waals surface area contributed by atoms with Crippen molar-refractivity contribution < 1.29 is 36.6 Å². The highest BCUT2D eigenvalue weighted by atomic mass is 19.4. The number of hydrogen-bond donors (Lipinski definition) is 2. The van der Waals surface area contributed by atoms with Crippen LogP contribution in [0.2, 0.25) is 0 Å². The summed E-state index contributed by atoms with van der Waals surface area (Å²) in [5.74, 6) is -6.24. The van der Waals surface area contributed by atoms with Gasteiger partial charge >= 0.3 is 12.1 Å². The summed E-state index contributed by atoms with van der Waals surface area (Å²) >= 11 is 0. The van der Waals surface area contributed by atoms with Crippen LogP contribution in [0.5, 0.6) is 5.75 Å². The van der Waals surface area contributed by atoms with Crippen molar-refractivity contribution in [2.75, 3.05) is 11.9 Å². The van der Waals surface area contributed by atoms with Crippen LogP contribution in [0, 0.1) is 0 Å². The number of para-hydroxylation sites is 2. The number of hydrogen-bond acceptors (Lipinski definition) is 3. The lowest BCUT2D eigenvalue weighted by molar-refractivity contribution is -0.212. The molecule has 1 aliphatic carbocycles. The zero-order chi connectivity index (χ0) is 17.3. The molecule has 0 unspecified atom stereocenters. The number of aliphatic hydroxyl groups is 1. The van der Waals surface area contributed by atoms with E-state index >= 15 is 0 Å². The van der Waals surface area contributed by atoms with Gasteiger partial charge in [0.25, 0.3) is 5.91 Å². The topological polar surface area (TPSA) is 58.6 Å². The molecule has 0 aromatic heterocycles. The van der Waals surface area contributed by atoms with Gasteiger partial charge < -0.3 is 15.2 Å². The molecule has 0 spiro atoms. The smallest absolute Gasteiger partial charge is 0.422 e. The third kappa shape index (κ3) is 3.72. The number of ether oxygens (including phenoxy) is 1. The first-order valence-electron chi connectivity index (χ1n) is 6.75. The first kappa shape index (κ1) is 17.5. The van der Waals surface area contributed by atoms with Crippen LogP contribution in [0.3, 0.4) is 0 Å². The Bertz CT molecular complexity index is 584. The lowest BCUT2D eigenvalue weighted by Crippen LogP contribution is -2.59. The minimum atomic E-state index is -4.61. The molecule has 1 fully saturated rings. The molecule has 2 rings (SSSR count). The Labute approximate surface area is 128 Å². The molecule has 0 saturated heterocycles. The summed E-state index contributed by atoms with van der Waals surface area (Å²) in [6, 6.07) is 4.91. The van der Waals surface area contributed by atoms with Crippen molar-refractivity contribution in [3.63, 3.8) is 0 Å². The molecule has 23 heavy (non-hydrogen) atoms. The zero-order valence-electron chi connectivity index (χ0n) is 11.8. The molecule has 4 nitrogen and oxygen atoms in total. The number of nitrogens with one attached hydrogen (secondary N) is 1. The van der Waals surface area contributed by atoms with E-state index in [9.17, 15) is 31.9 Å². The van der Waals surface area contributed by atoms with Crippen molar-refractivity contribution in [2.45, 2.75) is 37.0 Å². The third-order valence-corrected chi connectivity index (χ3v) is 3.58. The van der Waals surface area contributed by atoms with E-state index in [0.29, 0.717) is 6.42 Å². The molecule has 1 saturated carbocycles. The van der Waals surface area contributed by atoms with Gasteiger partial charge in [0, 0.05) is 0 Å². The molecule has 0 radical (unpaired) electrons. The maximum absolute atomic E-state index is 14.0. The molecule has 0 atom stereocenters. The van der Waals surface area contributed by atoms with Crippen LogP contribution in [-0.4, -0.2) is 35.3 Å². The van der Waals surface area contributed by atoms with Crippen molar-refractivity contribution in [3.8, 4) is 5.75 Å². The van der Waals surface area contributed by atoms with E-state index in [1.165, 1.54) is 12.1 Å². The number of amides is 1. The van der Waals surface area contributed by atoms with Gasteiger partial charge in [0.2, 0.25) is 0 Å². The minimum absolute atomic E-state index is 0.223. The van der Waals surface area contributed by atoms with Crippen molar-refractivity contribution in [1.29, 1.82) is 0 Å². The second-order valence-electron chi connectivity index (χ2n) is 5.31. The Hall–Kier alpha value is -1.90. The Morgan fingerprint density at radius 3 is 2.35 bits per heavy atom. The molecular weight excluding hydrogens is 325 g/mol. The second kappa shape index (κ2) is 5.95. The molecule has 1 amide bonds. The zero-order valence-corrected chi connectivity index (χ0v) is 11.8. The van der Waals surface area contributed by atoms with Gasteiger partial charge in [0.05, 0.1) is 5.69 Å². The first-order valence-corrected chi connectivity index (χ1v) is 6.75. The van der Waals surface area contributed by atoms with Gasteiger partial charge in [-0.05, 0) is 31.4 Å². The van der Waals surface area contributed by atoms with Gasteiger partial charge in [-0.3, -0.25) is 4.79 Å². The fraction of sp³-hybridized carbons (Fsp3) is 0.500. The van der Waals surface area contributed by atoms with Crippen LogP contribution in [-0.2, 0) is 4.79 Å². The quantitative estimate of drug-likeness (QED) is 0.811. The predicted octanol–water partition coefficient (Wildman–Crippen LogP) is 3.12. The summed E-state index contributed by atoms with van der Waals surface area (Å²) in [6.45, 7) is -1.62. The summed E-state index contributed by atoms with van der Waals surface area (Å²) in [5, 5.41) is 11.5. The van der Waals surface area contributed by atoms with E-state index in [1.807, 2.05) is 5.32 Å². The lowest BCUT2D eigenvalue weighted by atomic mass is 9.75. The molecular formula is C14H14F5NO3. The fourth-order valence-electron chi connectivity index (χ4n) is 2.09. The second-order valence-corrected chi connectivity index (χ2v) is 5.31. The average molecular weight is 339 g/mol. The van der Waals surface area contributed by atoms with Crippen LogP contribution >= 0.6 is 0 Å². The largest absolute Gasteiger partial charge is 0.482 e. The number of carbonyl (C=O) groups is 1.